The maximum atomic E-state index is 12.5. The predicted molar refractivity (Wildman–Crippen MR) is 105 cm³/mol. The molecule has 0 aliphatic heterocycles. The first kappa shape index (κ1) is 23.1. The summed E-state index contributed by atoms with van der Waals surface area (Å²) in [6.45, 7) is 9.54. The van der Waals surface area contributed by atoms with Gasteiger partial charge in [0.2, 0.25) is 10.0 Å². The standard InChI is InChI=1S/C19H30N2O5S/c1-13(2)21(14(3)4)18(22)15(5)26-19(23)17-9-7-16(8-10-17)11-12-20-27(6,24)25/h7-10,13-15,20H,11-12H2,1-6H3/t15-/m0/s1. The number of rotatable bonds is 9. The van der Waals surface area contributed by atoms with Crippen molar-refractivity contribution in [3.63, 3.8) is 0 Å². The van der Waals surface area contributed by atoms with E-state index in [1.54, 1.807) is 36.1 Å². The molecule has 0 aliphatic rings. The van der Waals surface area contributed by atoms with E-state index in [9.17, 15) is 18.0 Å². The van der Waals surface area contributed by atoms with Crippen LogP contribution in [0.1, 0.15) is 50.5 Å². The fourth-order valence-electron chi connectivity index (χ4n) is 2.78. The molecule has 152 valence electrons. The smallest absolute Gasteiger partial charge is 0.338 e. The number of nitrogens with one attached hydrogen (secondary N) is 1. The topological polar surface area (TPSA) is 92.8 Å². The first-order valence-corrected chi connectivity index (χ1v) is 10.9. The van der Waals surface area contributed by atoms with Gasteiger partial charge in [-0.25, -0.2) is 17.9 Å². The number of carbonyl (C=O) groups excluding carboxylic acids is 2. The second kappa shape index (κ2) is 9.85. The van der Waals surface area contributed by atoms with Crippen LogP contribution in [0, 0.1) is 0 Å². The van der Waals surface area contributed by atoms with E-state index in [4.69, 9.17) is 4.74 Å². The van der Waals surface area contributed by atoms with Gasteiger partial charge in [-0.2, -0.15) is 0 Å². The molecule has 1 amide bonds. The van der Waals surface area contributed by atoms with E-state index in [1.807, 2.05) is 27.7 Å². The SMILES string of the molecule is CC(C)N(C(=O)[C@H](C)OC(=O)c1ccc(CCNS(C)(=O)=O)cc1)C(C)C. The lowest BCUT2D eigenvalue weighted by Gasteiger charge is -2.32. The van der Waals surface area contributed by atoms with E-state index in [-0.39, 0.29) is 24.5 Å². The summed E-state index contributed by atoms with van der Waals surface area (Å²) >= 11 is 0. The van der Waals surface area contributed by atoms with Crippen molar-refractivity contribution in [1.82, 2.24) is 9.62 Å². The maximum absolute atomic E-state index is 12.5. The van der Waals surface area contributed by atoms with Gasteiger partial charge in [0.05, 0.1) is 11.8 Å². The van der Waals surface area contributed by atoms with Crippen molar-refractivity contribution in [2.45, 2.75) is 59.2 Å². The number of sulfonamides is 1. The van der Waals surface area contributed by atoms with Crippen molar-refractivity contribution in [3.8, 4) is 0 Å². The molecule has 0 fully saturated rings. The zero-order valence-corrected chi connectivity index (χ0v) is 17.7. The summed E-state index contributed by atoms with van der Waals surface area (Å²) in [5.74, 6) is -0.791. The van der Waals surface area contributed by atoms with Crippen molar-refractivity contribution in [2.24, 2.45) is 0 Å². The molecule has 1 aromatic carbocycles. The van der Waals surface area contributed by atoms with Crippen molar-refractivity contribution in [2.75, 3.05) is 12.8 Å². The van der Waals surface area contributed by atoms with Gasteiger partial charge >= 0.3 is 5.97 Å². The Morgan fingerprint density at radius 3 is 2.00 bits per heavy atom. The van der Waals surface area contributed by atoms with Crippen molar-refractivity contribution >= 4 is 21.9 Å². The van der Waals surface area contributed by atoms with Crippen LogP contribution in [-0.4, -0.2) is 56.2 Å². The van der Waals surface area contributed by atoms with Crippen LogP contribution in [0.4, 0.5) is 0 Å². The molecule has 0 spiro atoms. The van der Waals surface area contributed by atoms with Gasteiger partial charge in [0.15, 0.2) is 6.10 Å². The van der Waals surface area contributed by atoms with Gasteiger partial charge in [0.25, 0.3) is 5.91 Å². The molecule has 8 heteroatoms. The van der Waals surface area contributed by atoms with E-state index < -0.39 is 22.1 Å². The monoisotopic (exact) mass is 398 g/mol. The Kier molecular flexibility index (Phi) is 8.43. The Morgan fingerprint density at radius 1 is 1.04 bits per heavy atom. The Morgan fingerprint density at radius 2 is 1.56 bits per heavy atom. The third-order valence-corrected chi connectivity index (χ3v) is 4.69. The van der Waals surface area contributed by atoms with Gasteiger partial charge < -0.3 is 9.64 Å². The van der Waals surface area contributed by atoms with Crippen LogP contribution in [-0.2, 0) is 26.0 Å². The van der Waals surface area contributed by atoms with Crippen molar-refractivity contribution < 1.29 is 22.7 Å². The number of carbonyl (C=O) groups is 2. The highest BCUT2D eigenvalue weighted by molar-refractivity contribution is 7.88. The average molecular weight is 399 g/mol. The summed E-state index contributed by atoms with van der Waals surface area (Å²) in [4.78, 5) is 26.5. The molecule has 0 aliphatic carbocycles. The van der Waals surface area contributed by atoms with Crippen molar-refractivity contribution in [3.05, 3.63) is 35.4 Å². The molecule has 7 nitrogen and oxygen atoms in total. The molecule has 1 rings (SSSR count). The average Bonchev–Trinajstić information content (AvgIpc) is 2.53. The number of ether oxygens (including phenoxy) is 1. The first-order valence-electron chi connectivity index (χ1n) is 8.99. The number of hydrogen-bond acceptors (Lipinski definition) is 5. The van der Waals surface area contributed by atoms with E-state index in [0.717, 1.165) is 11.8 Å². The molecular weight excluding hydrogens is 368 g/mol. The zero-order valence-electron chi connectivity index (χ0n) is 16.9. The minimum Gasteiger partial charge on any atom is -0.449 e. The molecule has 0 aromatic heterocycles. The number of hydrogen-bond donors (Lipinski definition) is 1. The van der Waals surface area contributed by atoms with E-state index in [0.29, 0.717) is 12.0 Å². The molecule has 1 N–H and O–H groups in total. The molecule has 0 radical (unpaired) electrons. The lowest BCUT2D eigenvalue weighted by molar-refractivity contribution is -0.143. The molecule has 0 saturated carbocycles. The molecular formula is C19H30N2O5S. The Hall–Kier alpha value is -1.93. The van der Waals surface area contributed by atoms with Crippen LogP contribution in [0.5, 0.6) is 0 Å². The maximum Gasteiger partial charge on any atom is 0.338 e. The number of benzene rings is 1. The van der Waals surface area contributed by atoms with Crippen LogP contribution >= 0.6 is 0 Å². The number of amides is 1. The highest BCUT2D eigenvalue weighted by atomic mass is 32.2. The molecule has 0 heterocycles. The summed E-state index contributed by atoms with van der Waals surface area (Å²) in [7, 11) is -3.22. The molecule has 1 atom stereocenters. The molecule has 1 aromatic rings. The summed E-state index contributed by atoms with van der Waals surface area (Å²) in [6.07, 6.45) is 0.740. The molecule has 0 bridgehead atoms. The second-order valence-electron chi connectivity index (χ2n) is 7.09. The van der Waals surface area contributed by atoms with Gasteiger partial charge in [-0.15, -0.1) is 0 Å². The summed E-state index contributed by atoms with van der Waals surface area (Å²) in [5, 5.41) is 0. The Bertz CT molecular complexity index is 734. The Balaban J connectivity index is 2.67. The van der Waals surface area contributed by atoms with Crippen LogP contribution in [0.25, 0.3) is 0 Å². The fourth-order valence-corrected chi connectivity index (χ4v) is 3.26. The molecule has 27 heavy (non-hydrogen) atoms. The van der Waals surface area contributed by atoms with Gasteiger partial charge in [0, 0.05) is 18.6 Å². The third-order valence-electron chi connectivity index (χ3n) is 3.97. The minimum absolute atomic E-state index is 0.0125. The van der Waals surface area contributed by atoms with Crippen LogP contribution in [0.3, 0.4) is 0 Å². The van der Waals surface area contributed by atoms with Gasteiger partial charge in [-0.3, -0.25) is 4.79 Å². The summed E-state index contributed by atoms with van der Waals surface area (Å²) in [6, 6.07) is 6.72. The highest BCUT2D eigenvalue weighted by Gasteiger charge is 2.27. The second-order valence-corrected chi connectivity index (χ2v) is 8.93. The molecule has 0 unspecified atom stereocenters. The lowest BCUT2D eigenvalue weighted by Crippen LogP contribution is -2.47. The third kappa shape index (κ3) is 7.68. The van der Waals surface area contributed by atoms with Crippen LogP contribution in [0.15, 0.2) is 24.3 Å². The fraction of sp³-hybridized carbons (Fsp3) is 0.579. The summed E-state index contributed by atoms with van der Waals surface area (Å²) < 4.78 is 29.8. The quantitative estimate of drug-likeness (QED) is 0.642. The van der Waals surface area contributed by atoms with Gasteiger partial charge in [-0.1, -0.05) is 12.1 Å². The van der Waals surface area contributed by atoms with Gasteiger partial charge in [0.1, 0.15) is 0 Å². The van der Waals surface area contributed by atoms with E-state index in [2.05, 4.69) is 4.72 Å². The number of nitrogens with zero attached hydrogens (tertiary/aromatic N) is 1. The molecule has 0 saturated heterocycles. The zero-order chi connectivity index (χ0) is 20.8. The Labute approximate surface area is 162 Å². The lowest BCUT2D eigenvalue weighted by atomic mass is 10.1. The van der Waals surface area contributed by atoms with Crippen LogP contribution < -0.4 is 4.72 Å². The largest absolute Gasteiger partial charge is 0.449 e. The van der Waals surface area contributed by atoms with Gasteiger partial charge in [-0.05, 0) is 58.7 Å². The first-order chi connectivity index (χ1) is 12.4. The van der Waals surface area contributed by atoms with Crippen molar-refractivity contribution in [1.29, 1.82) is 0 Å². The van der Waals surface area contributed by atoms with Crippen LogP contribution in [0.2, 0.25) is 0 Å². The summed E-state index contributed by atoms with van der Waals surface area (Å²) in [5.41, 5.74) is 1.23. The number of esters is 1. The highest BCUT2D eigenvalue weighted by Crippen LogP contribution is 2.12. The normalized spacial score (nSPS) is 12.9. The van der Waals surface area contributed by atoms with E-state index in [1.165, 1.54) is 0 Å². The minimum atomic E-state index is -3.22. The van der Waals surface area contributed by atoms with E-state index >= 15 is 0 Å². The predicted octanol–water partition coefficient (Wildman–Crippen LogP) is 1.97.